The summed E-state index contributed by atoms with van der Waals surface area (Å²) in [7, 11) is -2.10. The average Bonchev–Trinajstić information content (AvgIpc) is 3.16. The standard InChI is InChI=1S/C30H37N3O5S/c1-5-21(3)31-30(35)25(6-2)32(20-22-15-17-24(38-4)18-16-22)28(34)14-9-19-33-26-12-7-10-23-11-8-13-27(29(23)26)39(33,36)37/h7-8,10-13,15-18,21,25H,5-6,9,14,19-20H2,1-4H3,(H,31,35)/t21-,25-/m0/s1. The highest BCUT2D eigenvalue weighted by Crippen LogP contribution is 2.42. The van der Waals surface area contributed by atoms with Crippen LogP contribution in [0.2, 0.25) is 0 Å². The van der Waals surface area contributed by atoms with Crippen LogP contribution in [0.4, 0.5) is 5.69 Å². The van der Waals surface area contributed by atoms with Crippen LogP contribution in [-0.2, 0) is 26.2 Å². The number of ether oxygens (including phenoxy) is 1. The molecule has 208 valence electrons. The monoisotopic (exact) mass is 551 g/mol. The summed E-state index contributed by atoms with van der Waals surface area (Å²) in [6, 6.07) is 17.6. The van der Waals surface area contributed by atoms with Crippen LogP contribution < -0.4 is 14.4 Å². The van der Waals surface area contributed by atoms with Crippen LogP contribution in [0, 0.1) is 0 Å². The molecule has 39 heavy (non-hydrogen) atoms. The first kappa shape index (κ1) is 28.4. The van der Waals surface area contributed by atoms with Crippen molar-refractivity contribution in [1.29, 1.82) is 0 Å². The Morgan fingerprint density at radius 3 is 2.33 bits per heavy atom. The highest BCUT2D eigenvalue weighted by molar-refractivity contribution is 7.93. The van der Waals surface area contributed by atoms with E-state index in [-0.39, 0.29) is 37.4 Å². The van der Waals surface area contributed by atoms with Gasteiger partial charge in [-0.25, -0.2) is 8.42 Å². The molecule has 0 fully saturated rings. The van der Waals surface area contributed by atoms with Crippen molar-refractivity contribution in [3.8, 4) is 5.75 Å². The molecule has 0 spiro atoms. The van der Waals surface area contributed by atoms with Crippen LogP contribution in [0.1, 0.15) is 52.0 Å². The quantitative estimate of drug-likeness (QED) is 0.347. The maximum Gasteiger partial charge on any atom is 0.265 e. The summed E-state index contributed by atoms with van der Waals surface area (Å²) in [6.45, 7) is 6.27. The summed E-state index contributed by atoms with van der Waals surface area (Å²) in [4.78, 5) is 28.7. The number of rotatable bonds is 12. The summed E-state index contributed by atoms with van der Waals surface area (Å²) in [6.07, 6.45) is 1.68. The molecule has 0 bridgehead atoms. The van der Waals surface area contributed by atoms with Gasteiger partial charge in [-0.15, -0.1) is 0 Å². The number of anilines is 1. The SMILES string of the molecule is CC[C@H](C)NC(=O)[C@H](CC)N(Cc1ccc(OC)cc1)C(=O)CCCN1c2cccc3cccc(c23)S1(=O)=O. The number of carbonyl (C=O) groups is 2. The molecule has 9 heteroatoms. The van der Waals surface area contributed by atoms with Gasteiger partial charge in [-0.2, -0.15) is 0 Å². The smallest absolute Gasteiger partial charge is 0.265 e. The lowest BCUT2D eigenvalue weighted by Crippen LogP contribution is -2.50. The van der Waals surface area contributed by atoms with Crippen molar-refractivity contribution < 1.29 is 22.7 Å². The zero-order chi connectivity index (χ0) is 28.2. The van der Waals surface area contributed by atoms with E-state index in [2.05, 4.69) is 5.32 Å². The zero-order valence-corrected chi connectivity index (χ0v) is 23.8. The Bertz CT molecular complexity index is 1430. The highest BCUT2D eigenvalue weighted by atomic mass is 32.2. The lowest BCUT2D eigenvalue weighted by Gasteiger charge is -2.32. The van der Waals surface area contributed by atoms with Crippen molar-refractivity contribution in [2.24, 2.45) is 0 Å². The zero-order valence-electron chi connectivity index (χ0n) is 23.0. The van der Waals surface area contributed by atoms with E-state index in [1.54, 1.807) is 30.2 Å². The molecule has 0 aliphatic carbocycles. The first-order valence-electron chi connectivity index (χ1n) is 13.5. The second-order valence-corrected chi connectivity index (χ2v) is 11.8. The Kier molecular flexibility index (Phi) is 8.80. The number of sulfonamides is 1. The molecule has 3 aromatic carbocycles. The van der Waals surface area contributed by atoms with Crippen LogP contribution in [0.3, 0.4) is 0 Å². The van der Waals surface area contributed by atoms with E-state index in [0.717, 1.165) is 22.8 Å². The molecule has 0 unspecified atom stereocenters. The number of hydrogen-bond acceptors (Lipinski definition) is 5. The van der Waals surface area contributed by atoms with E-state index < -0.39 is 16.1 Å². The maximum atomic E-state index is 13.6. The van der Waals surface area contributed by atoms with E-state index in [1.807, 2.05) is 63.2 Å². The number of amides is 2. The molecule has 1 N–H and O–H groups in total. The van der Waals surface area contributed by atoms with E-state index in [1.165, 1.54) is 4.31 Å². The summed E-state index contributed by atoms with van der Waals surface area (Å²) in [5.41, 5.74) is 1.52. The van der Waals surface area contributed by atoms with Crippen molar-refractivity contribution in [3.05, 3.63) is 66.2 Å². The van der Waals surface area contributed by atoms with Crippen molar-refractivity contribution in [2.75, 3.05) is 18.0 Å². The molecule has 0 saturated carbocycles. The number of nitrogens with zero attached hydrogens (tertiary/aromatic N) is 2. The molecule has 0 radical (unpaired) electrons. The van der Waals surface area contributed by atoms with Crippen molar-refractivity contribution >= 4 is 38.3 Å². The third-order valence-electron chi connectivity index (χ3n) is 7.33. The Labute approximate surface area is 231 Å². The molecule has 3 aromatic rings. The molecule has 0 aromatic heterocycles. The van der Waals surface area contributed by atoms with Gasteiger partial charge in [0.25, 0.3) is 10.0 Å². The number of carbonyl (C=O) groups excluding carboxylic acids is 2. The van der Waals surface area contributed by atoms with E-state index in [0.29, 0.717) is 29.2 Å². The van der Waals surface area contributed by atoms with E-state index in [4.69, 9.17) is 4.74 Å². The van der Waals surface area contributed by atoms with Gasteiger partial charge in [0.1, 0.15) is 11.8 Å². The van der Waals surface area contributed by atoms with E-state index in [9.17, 15) is 18.0 Å². The average molecular weight is 552 g/mol. The van der Waals surface area contributed by atoms with Crippen LogP contribution >= 0.6 is 0 Å². The lowest BCUT2D eigenvalue weighted by atomic mass is 10.1. The highest BCUT2D eigenvalue weighted by Gasteiger charge is 2.35. The number of benzene rings is 3. The van der Waals surface area contributed by atoms with Crippen LogP contribution in [0.15, 0.2) is 65.6 Å². The first-order valence-corrected chi connectivity index (χ1v) is 14.9. The molecule has 4 rings (SSSR count). The summed E-state index contributed by atoms with van der Waals surface area (Å²) in [5.74, 6) is 0.336. The van der Waals surface area contributed by atoms with Crippen LogP contribution in [0.5, 0.6) is 5.75 Å². The van der Waals surface area contributed by atoms with Crippen molar-refractivity contribution in [2.45, 2.75) is 70.0 Å². The molecular formula is C30H37N3O5S. The maximum absolute atomic E-state index is 13.6. The summed E-state index contributed by atoms with van der Waals surface area (Å²) >= 11 is 0. The Morgan fingerprint density at radius 1 is 1.00 bits per heavy atom. The van der Waals surface area contributed by atoms with Gasteiger partial charge in [-0.1, -0.05) is 50.2 Å². The van der Waals surface area contributed by atoms with Crippen molar-refractivity contribution in [3.63, 3.8) is 0 Å². The fourth-order valence-electron chi connectivity index (χ4n) is 5.00. The molecule has 8 nitrogen and oxygen atoms in total. The lowest BCUT2D eigenvalue weighted by molar-refractivity contribution is -0.141. The van der Waals surface area contributed by atoms with Crippen LogP contribution in [-0.4, -0.2) is 50.9 Å². The third kappa shape index (κ3) is 5.88. The second-order valence-electron chi connectivity index (χ2n) is 9.92. The Morgan fingerprint density at radius 2 is 1.69 bits per heavy atom. The largest absolute Gasteiger partial charge is 0.497 e. The minimum atomic E-state index is -3.69. The molecular weight excluding hydrogens is 514 g/mol. The van der Waals surface area contributed by atoms with Gasteiger partial charge in [-0.05, 0) is 61.4 Å². The van der Waals surface area contributed by atoms with E-state index >= 15 is 0 Å². The predicted octanol–water partition coefficient (Wildman–Crippen LogP) is 4.86. The molecule has 2 atom stereocenters. The summed E-state index contributed by atoms with van der Waals surface area (Å²) < 4.78 is 33.3. The van der Waals surface area contributed by atoms with Crippen LogP contribution in [0.25, 0.3) is 10.8 Å². The number of methoxy groups -OCH3 is 1. The Balaban J connectivity index is 1.52. The number of hydrogen-bond donors (Lipinski definition) is 1. The minimum absolute atomic E-state index is 0.00537. The molecule has 1 heterocycles. The van der Waals surface area contributed by atoms with Gasteiger partial charge in [0.15, 0.2) is 0 Å². The number of nitrogens with one attached hydrogen (secondary N) is 1. The van der Waals surface area contributed by atoms with Crippen molar-refractivity contribution in [1.82, 2.24) is 10.2 Å². The molecule has 0 saturated heterocycles. The molecule has 1 aliphatic rings. The molecule has 2 amide bonds. The molecule has 1 aliphatic heterocycles. The van der Waals surface area contributed by atoms with Gasteiger partial charge in [0, 0.05) is 30.9 Å². The van der Waals surface area contributed by atoms with Gasteiger partial charge in [0.05, 0.1) is 17.7 Å². The third-order valence-corrected chi connectivity index (χ3v) is 9.19. The topological polar surface area (TPSA) is 96.0 Å². The minimum Gasteiger partial charge on any atom is -0.497 e. The second kappa shape index (κ2) is 12.1. The Hall–Kier alpha value is -3.59. The fraction of sp³-hybridized carbons (Fsp3) is 0.400. The van der Waals surface area contributed by atoms with Gasteiger partial charge in [0.2, 0.25) is 11.8 Å². The first-order chi connectivity index (χ1) is 18.7. The fourth-order valence-corrected chi connectivity index (χ4v) is 6.75. The van der Waals surface area contributed by atoms with Gasteiger partial charge >= 0.3 is 0 Å². The summed E-state index contributed by atoms with van der Waals surface area (Å²) in [5, 5.41) is 4.61. The normalized spacial score (nSPS) is 15.1. The van der Waals surface area contributed by atoms with Gasteiger partial charge in [-0.3, -0.25) is 13.9 Å². The van der Waals surface area contributed by atoms with Gasteiger partial charge < -0.3 is 15.0 Å². The predicted molar refractivity (Wildman–Crippen MR) is 153 cm³/mol.